The molecule has 3 atom stereocenters. The van der Waals surface area contributed by atoms with Gasteiger partial charge < -0.3 is 14.8 Å². The van der Waals surface area contributed by atoms with Crippen LogP contribution in [0.15, 0.2) is 18.2 Å². The van der Waals surface area contributed by atoms with Crippen LogP contribution in [0.1, 0.15) is 37.7 Å². The van der Waals surface area contributed by atoms with Crippen molar-refractivity contribution in [2.24, 2.45) is 17.8 Å². The Bertz CT molecular complexity index is 726. The van der Waals surface area contributed by atoms with Gasteiger partial charge in [0.2, 0.25) is 5.91 Å². The first kappa shape index (κ1) is 21.7. The molecule has 166 valence electrons. The van der Waals surface area contributed by atoms with Crippen LogP contribution >= 0.6 is 0 Å². The van der Waals surface area contributed by atoms with E-state index >= 15 is 0 Å². The molecule has 1 N–H and O–H groups in total. The van der Waals surface area contributed by atoms with Crippen LogP contribution in [0.4, 0.5) is 8.78 Å². The molecule has 3 aliphatic rings. The monoisotopic (exact) mass is 422 g/mol. The maximum absolute atomic E-state index is 14.0. The molecular weight excluding hydrogens is 390 g/mol. The first-order chi connectivity index (χ1) is 14.6. The zero-order chi connectivity index (χ0) is 20.9. The first-order valence-electron chi connectivity index (χ1n) is 11.2. The Labute approximate surface area is 177 Å². The summed E-state index contributed by atoms with van der Waals surface area (Å²) in [6.07, 6.45) is 4.47. The van der Waals surface area contributed by atoms with Crippen LogP contribution in [0.5, 0.6) is 0 Å². The molecule has 3 aliphatic heterocycles. The van der Waals surface area contributed by atoms with E-state index in [0.717, 1.165) is 64.6 Å². The number of likely N-dealkylation sites (tertiary alicyclic amines) is 1. The van der Waals surface area contributed by atoms with Crippen molar-refractivity contribution in [3.63, 3.8) is 0 Å². The van der Waals surface area contributed by atoms with Gasteiger partial charge in [-0.25, -0.2) is 8.78 Å². The van der Waals surface area contributed by atoms with Crippen LogP contribution in [0.3, 0.4) is 0 Å². The van der Waals surface area contributed by atoms with Gasteiger partial charge in [-0.3, -0.25) is 9.69 Å². The van der Waals surface area contributed by atoms with E-state index in [2.05, 4.69) is 10.2 Å². The van der Waals surface area contributed by atoms with Crippen LogP contribution in [0.2, 0.25) is 0 Å². The highest BCUT2D eigenvalue weighted by Gasteiger charge is 2.41. The molecule has 0 aromatic heterocycles. The fourth-order valence-corrected chi connectivity index (χ4v) is 5.13. The van der Waals surface area contributed by atoms with Crippen molar-refractivity contribution in [3.05, 3.63) is 35.4 Å². The zero-order valence-electron chi connectivity index (χ0n) is 17.5. The van der Waals surface area contributed by atoms with Gasteiger partial charge >= 0.3 is 0 Å². The normalized spacial score (nSPS) is 27.7. The van der Waals surface area contributed by atoms with E-state index in [9.17, 15) is 13.6 Å². The van der Waals surface area contributed by atoms with E-state index in [0.29, 0.717) is 42.9 Å². The van der Waals surface area contributed by atoms with Gasteiger partial charge in [0.15, 0.2) is 11.6 Å². The fraction of sp³-hybridized carbons (Fsp3) is 0.696. The molecule has 0 aliphatic carbocycles. The van der Waals surface area contributed by atoms with Crippen LogP contribution in [-0.2, 0) is 20.8 Å². The van der Waals surface area contributed by atoms with Gasteiger partial charge in [-0.15, -0.1) is 0 Å². The fourth-order valence-electron chi connectivity index (χ4n) is 5.13. The Morgan fingerprint density at radius 2 is 2.03 bits per heavy atom. The van der Waals surface area contributed by atoms with Crippen LogP contribution in [-0.4, -0.2) is 56.4 Å². The highest BCUT2D eigenvalue weighted by atomic mass is 19.2. The Balaban J connectivity index is 1.20. The smallest absolute Gasteiger partial charge is 0.222 e. The number of benzene rings is 1. The Morgan fingerprint density at radius 1 is 1.20 bits per heavy atom. The van der Waals surface area contributed by atoms with E-state index in [4.69, 9.17) is 9.47 Å². The zero-order valence-corrected chi connectivity index (χ0v) is 17.5. The average molecular weight is 423 g/mol. The van der Waals surface area contributed by atoms with E-state index in [-0.39, 0.29) is 12.0 Å². The SMILES string of the molecule is O=C(C[C@@H]1OC[C@H]2CN(Cc3cccc(F)c3F)CC[C@H]21)NCCC1CCOCC1. The molecule has 0 saturated carbocycles. The number of fused-ring (bicyclic) bond motifs is 1. The molecule has 3 heterocycles. The summed E-state index contributed by atoms with van der Waals surface area (Å²) in [4.78, 5) is 14.6. The third-order valence-electron chi connectivity index (χ3n) is 6.91. The van der Waals surface area contributed by atoms with Gasteiger partial charge in [0.05, 0.1) is 19.1 Å². The Morgan fingerprint density at radius 3 is 2.87 bits per heavy atom. The molecule has 3 saturated heterocycles. The Hall–Kier alpha value is -1.57. The quantitative estimate of drug-likeness (QED) is 0.734. The lowest BCUT2D eigenvalue weighted by atomic mass is 9.83. The predicted octanol–water partition coefficient (Wildman–Crippen LogP) is 3.12. The third kappa shape index (κ3) is 5.37. The van der Waals surface area contributed by atoms with Gasteiger partial charge in [-0.1, -0.05) is 12.1 Å². The van der Waals surface area contributed by atoms with Crippen molar-refractivity contribution in [3.8, 4) is 0 Å². The summed E-state index contributed by atoms with van der Waals surface area (Å²) in [5, 5.41) is 3.06. The van der Waals surface area contributed by atoms with Crippen LogP contribution < -0.4 is 5.32 Å². The van der Waals surface area contributed by atoms with E-state index < -0.39 is 11.6 Å². The molecule has 5 nitrogen and oxygen atoms in total. The molecule has 1 aromatic carbocycles. The molecule has 0 bridgehead atoms. The minimum atomic E-state index is -0.797. The summed E-state index contributed by atoms with van der Waals surface area (Å²) in [6, 6.07) is 4.34. The standard InChI is InChI=1S/C23H32F2N2O3/c24-20-3-1-2-17(23(20)25)13-27-9-5-19-18(14-27)15-30-21(19)12-22(28)26-8-4-16-6-10-29-11-7-16/h1-3,16,18-19,21H,4-15H2,(H,26,28)/t18-,19-,21+/m1/s1. The van der Waals surface area contributed by atoms with Crippen LogP contribution in [0.25, 0.3) is 0 Å². The highest BCUT2D eigenvalue weighted by Crippen LogP contribution is 2.36. The molecule has 7 heteroatoms. The number of carbonyl (C=O) groups excluding carboxylic acids is 1. The number of piperidine rings is 1. The topological polar surface area (TPSA) is 50.8 Å². The molecule has 1 amide bonds. The summed E-state index contributed by atoms with van der Waals surface area (Å²) in [5.41, 5.74) is 0.396. The number of nitrogens with zero attached hydrogens (tertiary/aromatic N) is 1. The number of hydrogen-bond donors (Lipinski definition) is 1. The number of hydrogen-bond acceptors (Lipinski definition) is 4. The third-order valence-corrected chi connectivity index (χ3v) is 6.91. The molecule has 0 radical (unpaired) electrons. The Kier molecular flexibility index (Phi) is 7.33. The number of ether oxygens (including phenoxy) is 2. The number of nitrogens with one attached hydrogen (secondary N) is 1. The molecule has 3 fully saturated rings. The molecule has 30 heavy (non-hydrogen) atoms. The van der Waals surface area contributed by atoms with Crippen molar-refractivity contribution < 1.29 is 23.0 Å². The summed E-state index contributed by atoms with van der Waals surface area (Å²) in [7, 11) is 0. The number of rotatable bonds is 7. The average Bonchev–Trinajstić information content (AvgIpc) is 3.14. The number of carbonyl (C=O) groups is 1. The van der Waals surface area contributed by atoms with E-state index in [1.165, 1.54) is 0 Å². The summed E-state index contributed by atoms with van der Waals surface area (Å²) in [6.45, 7) is 5.03. The lowest BCUT2D eigenvalue weighted by molar-refractivity contribution is -0.123. The van der Waals surface area contributed by atoms with Gasteiger partial charge in [-0.2, -0.15) is 0 Å². The number of halogens is 2. The first-order valence-corrected chi connectivity index (χ1v) is 11.2. The van der Waals surface area contributed by atoms with Crippen molar-refractivity contribution >= 4 is 5.91 Å². The van der Waals surface area contributed by atoms with Crippen molar-refractivity contribution in [1.29, 1.82) is 0 Å². The molecule has 4 rings (SSSR count). The van der Waals surface area contributed by atoms with E-state index in [1.807, 2.05) is 0 Å². The minimum Gasteiger partial charge on any atom is -0.381 e. The maximum Gasteiger partial charge on any atom is 0.222 e. The molecule has 1 aromatic rings. The van der Waals surface area contributed by atoms with Crippen molar-refractivity contribution in [1.82, 2.24) is 10.2 Å². The van der Waals surface area contributed by atoms with Crippen LogP contribution in [0, 0.1) is 29.4 Å². The van der Waals surface area contributed by atoms with Gasteiger partial charge in [0, 0.05) is 44.3 Å². The van der Waals surface area contributed by atoms with Crippen molar-refractivity contribution in [2.75, 3.05) is 39.5 Å². The molecule has 0 unspecified atom stereocenters. The predicted molar refractivity (Wildman–Crippen MR) is 109 cm³/mol. The summed E-state index contributed by atoms with van der Waals surface area (Å²) >= 11 is 0. The second kappa shape index (κ2) is 10.2. The van der Waals surface area contributed by atoms with E-state index in [1.54, 1.807) is 12.1 Å². The molecular formula is C23H32F2N2O3. The summed E-state index contributed by atoms with van der Waals surface area (Å²) < 4.78 is 38.8. The van der Waals surface area contributed by atoms with Gasteiger partial charge in [0.25, 0.3) is 0 Å². The largest absolute Gasteiger partial charge is 0.381 e. The number of amides is 1. The summed E-state index contributed by atoms with van der Waals surface area (Å²) in [5.74, 6) is -0.127. The second-order valence-corrected chi connectivity index (χ2v) is 8.93. The second-order valence-electron chi connectivity index (χ2n) is 8.93. The van der Waals surface area contributed by atoms with Crippen molar-refractivity contribution in [2.45, 2.75) is 44.8 Å². The maximum atomic E-state index is 14.0. The minimum absolute atomic E-state index is 0.0360. The lowest BCUT2D eigenvalue weighted by Gasteiger charge is -2.35. The van der Waals surface area contributed by atoms with Gasteiger partial charge in [0.1, 0.15) is 0 Å². The molecule has 0 spiro atoms. The van der Waals surface area contributed by atoms with Gasteiger partial charge in [-0.05, 0) is 50.1 Å². The highest BCUT2D eigenvalue weighted by molar-refractivity contribution is 5.76. The lowest BCUT2D eigenvalue weighted by Crippen LogP contribution is -2.42.